The molecule has 1 aromatic carbocycles. The van der Waals surface area contributed by atoms with E-state index in [1.54, 1.807) is 30.3 Å². The van der Waals surface area contributed by atoms with Crippen molar-refractivity contribution in [3.05, 3.63) is 56.7 Å². The number of benzene rings is 1. The van der Waals surface area contributed by atoms with Gasteiger partial charge in [0, 0.05) is 16.4 Å². The highest BCUT2D eigenvalue weighted by molar-refractivity contribution is 9.10. The minimum atomic E-state index is -0.327. The van der Waals surface area contributed by atoms with Gasteiger partial charge in [0.15, 0.2) is 0 Å². The van der Waals surface area contributed by atoms with Gasteiger partial charge in [0.2, 0.25) is 0 Å². The van der Waals surface area contributed by atoms with Crippen molar-refractivity contribution in [1.82, 2.24) is 4.98 Å². The Morgan fingerprint density at radius 1 is 1.28 bits per heavy atom. The predicted molar refractivity (Wildman–Crippen MR) is 76.4 cm³/mol. The summed E-state index contributed by atoms with van der Waals surface area (Å²) in [5.41, 5.74) is 0.909. The van der Waals surface area contributed by atoms with Crippen LogP contribution in [-0.2, 0) is 0 Å². The summed E-state index contributed by atoms with van der Waals surface area (Å²) in [6.07, 6.45) is 1.52. The van der Waals surface area contributed by atoms with Gasteiger partial charge >= 0.3 is 0 Å². The summed E-state index contributed by atoms with van der Waals surface area (Å²) in [4.78, 5) is 15.8. The van der Waals surface area contributed by atoms with Crippen LogP contribution in [0.15, 0.2) is 41.0 Å². The van der Waals surface area contributed by atoms with Crippen molar-refractivity contribution in [3.63, 3.8) is 0 Å². The first-order valence-corrected chi connectivity index (χ1v) is 6.50. The van der Waals surface area contributed by atoms with Gasteiger partial charge in [0.25, 0.3) is 5.91 Å². The lowest BCUT2D eigenvalue weighted by molar-refractivity contribution is 0.102. The summed E-state index contributed by atoms with van der Waals surface area (Å²) >= 11 is 15.1. The Morgan fingerprint density at radius 2 is 2.06 bits per heavy atom. The molecule has 6 heteroatoms. The molecular weight excluding hydrogens is 339 g/mol. The molecule has 0 spiro atoms. The first-order chi connectivity index (χ1) is 8.58. The number of carbonyl (C=O) groups is 1. The molecule has 0 bridgehead atoms. The van der Waals surface area contributed by atoms with Gasteiger partial charge in [-0.1, -0.05) is 23.2 Å². The third-order valence-electron chi connectivity index (χ3n) is 2.18. The van der Waals surface area contributed by atoms with E-state index in [2.05, 4.69) is 26.2 Å². The number of rotatable bonds is 2. The Kier molecular flexibility index (Phi) is 4.22. The molecule has 3 nitrogen and oxygen atoms in total. The second-order valence-electron chi connectivity index (χ2n) is 3.42. The maximum atomic E-state index is 11.9. The number of hydrogen-bond donors (Lipinski definition) is 1. The molecular formula is C12H7BrCl2N2O. The van der Waals surface area contributed by atoms with E-state index in [9.17, 15) is 4.79 Å². The Bertz CT molecular complexity index is 604. The molecule has 0 aliphatic carbocycles. The van der Waals surface area contributed by atoms with E-state index in [0.717, 1.165) is 4.47 Å². The fraction of sp³-hybridized carbons (Fsp3) is 0. The smallest absolute Gasteiger partial charge is 0.258 e. The molecule has 0 saturated carbocycles. The Hall–Kier alpha value is -1.10. The Morgan fingerprint density at radius 3 is 2.72 bits per heavy atom. The van der Waals surface area contributed by atoms with Gasteiger partial charge in [-0.25, -0.2) is 4.98 Å². The maximum absolute atomic E-state index is 11.9. The van der Waals surface area contributed by atoms with Crippen molar-refractivity contribution >= 4 is 50.7 Å². The van der Waals surface area contributed by atoms with Gasteiger partial charge in [-0.2, -0.15) is 0 Å². The van der Waals surface area contributed by atoms with Crippen LogP contribution in [-0.4, -0.2) is 10.9 Å². The largest absolute Gasteiger partial charge is 0.322 e. The average Bonchev–Trinajstić information content (AvgIpc) is 2.34. The van der Waals surface area contributed by atoms with Crippen LogP contribution in [0.2, 0.25) is 10.2 Å². The molecule has 1 N–H and O–H groups in total. The quantitative estimate of drug-likeness (QED) is 0.819. The number of nitrogens with zero attached hydrogens (tertiary/aromatic N) is 1. The van der Waals surface area contributed by atoms with Gasteiger partial charge in [0.1, 0.15) is 5.15 Å². The molecule has 92 valence electrons. The number of amides is 1. The fourth-order valence-corrected chi connectivity index (χ4v) is 1.96. The predicted octanol–water partition coefficient (Wildman–Crippen LogP) is 4.40. The van der Waals surface area contributed by atoms with Crippen molar-refractivity contribution in [2.24, 2.45) is 0 Å². The third-order valence-corrected chi connectivity index (χ3v) is 3.71. The first-order valence-electron chi connectivity index (χ1n) is 4.95. The molecule has 1 heterocycles. The minimum Gasteiger partial charge on any atom is -0.322 e. The van der Waals surface area contributed by atoms with E-state index in [1.807, 2.05) is 0 Å². The molecule has 0 aliphatic rings. The maximum Gasteiger partial charge on any atom is 0.258 e. The highest BCUT2D eigenvalue weighted by atomic mass is 79.9. The fourth-order valence-electron chi connectivity index (χ4n) is 1.33. The molecule has 2 aromatic rings. The highest BCUT2D eigenvalue weighted by Crippen LogP contribution is 2.26. The van der Waals surface area contributed by atoms with E-state index in [0.29, 0.717) is 16.3 Å². The molecule has 18 heavy (non-hydrogen) atoms. The Labute approximate surface area is 122 Å². The van der Waals surface area contributed by atoms with Crippen LogP contribution in [0.5, 0.6) is 0 Å². The number of aromatic nitrogens is 1. The summed E-state index contributed by atoms with van der Waals surface area (Å²) in [6, 6.07) is 8.38. The zero-order valence-corrected chi connectivity index (χ0v) is 12.1. The molecule has 0 atom stereocenters. The molecule has 0 saturated heterocycles. The van der Waals surface area contributed by atoms with Crippen LogP contribution in [0.1, 0.15) is 10.4 Å². The lowest BCUT2D eigenvalue weighted by Gasteiger charge is -2.07. The van der Waals surface area contributed by atoms with Gasteiger partial charge in [-0.15, -0.1) is 0 Å². The standard InChI is InChI=1S/C12H7BrCl2N2O/c13-9-4-3-7(6-10(9)14)17-12(18)8-2-1-5-16-11(8)15/h1-6H,(H,17,18). The average molecular weight is 346 g/mol. The number of carbonyl (C=O) groups excluding carboxylic acids is 1. The first kappa shape index (κ1) is 13.3. The Balaban J connectivity index is 2.22. The number of nitrogens with one attached hydrogen (secondary N) is 1. The van der Waals surface area contributed by atoms with E-state index >= 15 is 0 Å². The number of hydrogen-bond acceptors (Lipinski definition) is 2. The monoisotopic (exact) mass is 344 g/mol. The summed E-state index contributed by atoms with van der Waals surface area (Å²) in [5, 5.41) is 3.38. The van der Waals surface area contributed by atoms with Crippen LogP contribution >= 0.6 is 39.1 Å². The molecule has 1 aromatic heterocycles. The molecule has 0 unspecified atom stereocenters. The van der Waals surface area contributed by atoms with Crippen molar-refractivity contribution in [2.45, 2.75) is 0 Å². The molecule has 0 radical (unpaired) electrons. The number of anilines is 1. The topological polar surface area (TPSA) is 42.0 Å². The summed E-state index contributed by atoms with van der Waals surface area (Å²) in [6.45, 7) is 0. The number of halogens is 3. The van der Waals surface area contributed by atoms with Crippen LogP contribution in [0.3, 0.4) is 0 Å². The summed E-state index contributed by atoms with van der Waals surface area (Å²) in [7, 11) is 0. The van der Waals surface area contributed by atoms with Crippen LogP contribution in [0, 0.1) is 0 Å². The van der Waals surface area contributed by atoms with E-state index in [4.69, 9.17) is 23.2 Å². The van der Waals surface area contributed by atoms with Crippen molar-refractivity contribution in [2.75, 3.05) is 5.32 Å². The number of pyridine rings is 1. The second-order valence-corrected chi connectivity index (χ2v) is 5.04. The lowest BCUT2D eigenvalue weighted by atomic mass is 10.2. The summed E-state index contributed by atoms with van der Waals surface area (Å²) in [5.74, 6) is -0.327. The minimum absolute atomic E-state index is 0.165. The van der Waals surface area contributed by atoms with Crippen LogP contribution in [0.4, 0.5) is 5.69 Å². The third kappa shape index (κ3) is 3.02. The molecule has 0 aliphatic heterocycles. The molecule has 2 rings (SSSR count). The van der Waals surface area contributed by atoms with E-state index in [-0.39, 0.29) is 11.1 Å². The zero-order chi connectivity index (χ0) is 13.1. The van der Waals surface area contributed by atoms with Crippen LogP contribution < -0.4 is 5.32 Å². The van der Waals surface area contributed by atoms with Gasteiger partial charge in [-0.3, -0.25) is 4.79 Å². The summed E-state index contributed by atoms with van der Waals surface area (Å²) < 4.78 is 0.765. The molecule has 0 fully saturated rings. The van der Waals surface area contributed by atoms with Crippen molar-refractivity contribution < 1.29 is 4.79 Å². The van der Waals surface area contributed by atoms with E-state index < -0.39 is 0 Å². The second kappa shape index (κ2) is 5.69. The lowest BCUT2D eigenvalue weighted by Crippen LogP contribution is -2.12. The van der Waals surface area contributed by atoms with Gasteiger partial charge in [-0.05, 0) is 46.3 Å². The van der Waals surface area contributed by atoms with Crippen LogP contribution in [0.25, 0.3) is 0 Å². The van der Waals surface area contributed by atoms with Gasteiger partial charge in [0.05, 0.1) is 10.6 Å². The molecule has 1 amide bonds. The zero-order valence-electron chi connectivity index (χ0n) is 8.95. The SMILES string of the molecule is O=C(Nc1ccc(Br)c(Cl)c1)c1cccnc1Cl. The highest BCUT2D eigenvalue weighted by Gasteiger charge is 2.11. The van der Waals surface area contributed by atoms with Crippen molar-refractivity contribution in [3.8, 4) is 0 Å². The normalized spacial score (nSPS) is 10.2. The van der Waals surface area contributed by atoms with Crippen molar-refractivity contribution in [1.29, 1.82) is 0 Å². The van der Waals surface area contributed by atoms with Gasteiger partial charge < -0.3 is 5.32 Å². The van der Waals surface area contributed by atoms with E-state index in [1.165, 1.54) is 6.20 Å².